The molecule has 0 bridgehead atoms. The summed E-state index contributed by atoms with van der Waals surface area (Å²) >= 11 is 2.08. The van der Waals surface area contributed by atoms with E-state index < -0.39 is 0 Å². The molecule has 1 aliphatic carbocycles. The molecule has 2 aliphatic rings. The minimum atomic E-state index is 0.285. The number of hydrogen-bond donors (Lipinski definition) is 0. The normalized spacial score (nSPS) is 39.8. The Morgan fingerprint density at radius 2 is 2.24 bits per heavy atom. The van der Waals surface area contributed by atoms with Crippen LogP contribution in [0.5, 0.6) is 0 Å². The van der Waals surface area contributed by atoms with E-state index in [1.54, 1.807) is 0 Å². The van der Waals surface area contributed by atoms with Crippen molar-refractivity contribution in [1.82, 2.24) is 4.90 Å². The van der Waals surface area contributed by atoms with Gasteiger partial charge < -0.3 is 0 Å². The third kappa shape index (κ3) is 3.17. The molecule has 2 rings (SSSR count). The minimum absolute atomic E-state index is 0.285. The second-order valence-corrected chi connectivity index (χ2v) is 7.11. The Kier molecular flexibility index (Phi) is 4.76. The molecular formula is C14H24N2S. The summed E-state index contributed by atoms with van der Waals surface area (Å²) in [6, 6.07) is 3.11. The Morgan fingerprint density at radius 3 is 2.88 bits per heavy atom. The molecule has 1 aliphatic heterocycles. The lowest BCUT2D eigenvalue weighted by Gasteiger charge is -2.43. The molecule has 1 saturated carbocycles. The minimum Gasteiger partial charge on any atom is -0.297 e. The molecular weight excluding hydrogens is 228 g/mol. The molecule has 2 nitrogen and oxygen atoms in total. The molecule has 96 valence electrons. The standard InChI is InChI=1S/C14H24N2S/c1-3-12-4-5-13(9-15)14(8-12)16-6-7-17-11(2)10-16/h11-14H,3-8,10H2,1-2H3. The highest BCUT2D eigenvalue weighted by Crippen LogP contribution is 2.35. The van der Waals surface area contributed by atoms with E-state index in [0.717, 1.165) is 17.6 Å². The summed E-state index contributed by atoms with van der Waals surface area (Å²) in [5, 5.41) is 10.1. The van der Waals surface area contributed by atoms with Crippen LogP contribution >= 0.6 is 11.8 Å². The average molecular weight is 252 g/mol. The molecule has 3 heteroatoms. The Hall–Kier alpha value is -0.200. The van der Waals surface area contributed by atoms with Gasteiger partial charge in [-0.25, -0.2) is 0 Å². The first-order valence-electron chi connectivity index (χ1n) is 6.99. The summed E-state index contributed by atoms with van der Waals surface area (Å²) in [6.07, 6.45) is 4.93. The number of rotatable bonds is 2. The molecule has 0 aromatic rings. The highest BCUT2D eigenvalue weighted by Gasteiger charge is 2.35. The molecule has 0 radical (unpaired) electrons. The maximum Gasteiger partial charge on any atom is 0.0672 e. The van der Waals surface area contributed by atoms with Gasteiger partial charge in [0.25, 0.3) is 0 Å². The van der Waals surface area contributed by atoms with Gasteiger partial charge in [0.2, 0.25) is 0 Å². The van der Waals surface area contributed by atoms with Crippen LogP contribution in [0, 0.1) is 23.2 Å². The van der Waals surface area contributed by atoms with E-state index in [2.05, 4.69) is 36.6 Å². The van der Waals surface area contributed by atoms with Gasteiger partial charge >= 0.3 is 0 Å². The zero-order chi connectivity index (χ0) is 12.3. The fourth-order valence-electron chi connectivity index (χ4n) is 3.30. The first kappa shape index (κ1) is 13.2. The van der Waals surface area contributed by atoms with Crippen molar-refractivity contribution in [3.63, 3.8) is 0 Å². The number of hydrogen-bond acceptors (Lipinski definition) is 3. The Labute approximate surface area is 110 Å². The number of nitriles is 1. The fraction of sp³-hybridized carbons (Fsp3) is 0.929. The molecule has 17 heavy (non-hydrogen) atoms. The van der Waals surface area contributed by atoms with Crippen molar-refractivity contribution in [2.24, 2.45) is 11.8 Å². The first-order valence-corrected chi connectivity index (χ1v) is 8.04. The molecule has 4 unspecified atom stereocenters. The third-order valence-electron chi connectivity index (χ3n) is 4.41. The maximum absolute atomic E-state index is 9.34. The van der Waals surface area contributed by atoms with Crippen molar-refractivity contribution in [2.75, 3.05) is 18.8 Å². The predicted molar refractivity (Wildman–Crippen MR) is 74.0 cm³/mol. The van der Waals surface area contributed by atoms with Crippen LogP contribution in [-0.4, -0.2) is 35.0 Å². The lowest BCUT2D eigenvalue weighted by molar-refractivity contribution is 0.104. The average Bonchev–Trinajstić information content (AvgIpc) is 2.38. The topological polar surface area (TPSA) is 27.0 Å². The van der Waals surface area contributed by atoms with Crippen LogP contribution in [0.3, 0.4) is 0 Å². The third-order valence-corrected chi connectivity index (χ3v) is 5.55. The zero-order valence-corrected chi connectivity index (χ0v) is 11.9. The van der Waals surface area contributed by atoms with Crippen molar-refractivity contribution in [3.05, 3.63) is 0 Å². The second kappa shape index (κ2) is 6.11. The quantitative estimate of drug-likeness (QED) is 0.755. The van der Waals surface area contributed by atoms with Crippen LogP contribution < -0.4 is 0 Å². The molecule has 0 aromatic heterocycles. The number of thioether (sulfide) groups is 1. The van der Waals surface area contributed by atoms with Gasteiger partial charge in [-0.3, -0.25) is 4.90 Å². The molecule has 0 spiro atoms. The van der Waals surface area contributed by atoms with Gasteiger partial charge in [0.05, 0.1) is 12.0 Å². The fourth-order valence-corrected chi connectivity index (χ4v) is 4.34. The van der Waals surface area contributed by atoms with Crippen LogP contribution in [0.2, 0.25) is 0 Å². The lowest BCUT2D eigenvalue weighted by Crippen LogP contribution is -2.49. The summed E-state index contributed by atoms with van der Waals surface area (Å²) in [5.74, 6) is 2.38. The molecule has 0 N–H and O–H groups in total. The molecule has 1 heterocycles. The van der Waals surface area contributed by atoms with E-state index in [0.29, 0.717) is 6.04 Å². The van der Waals surface area contributed by atoms with Crippen molar-refractivity contribution >= 4 is 11.8 Å². The van der Waals surface area contributed by atoms with E-state index in [1.807, 2.05) is 0 Å². The largest absolute Gasteiger partial charge is 0.297 e. The van der Waals surface area contributed by atoms with Crippen LogP contribution in [-0.2, 0) is 0 Å². The smallest absolute Gasteiger partial charge is 0.0672 e. The van der Waals surface area contributed by atoms with Crippen LogP contribution in [0.4, 0.5) is 0 Å². The van der Waals surface area contributed by atoms with Gasteiger partial charge in [0, 0.05) is 30.1 Å². The van der Waals surface area contributed by atoms with Gasteiger partial charge in [-0.05, 0) is 25.2 Å². The van der Waals surface area contributed by atoms with E-state index in [1.165, 1.54) is 38.1 Å². The van der Waals surface area contributed by atoms with E-state index >= 15 is 0 Å². The monoisotopic (exact) mass is 252 g/mol. The molecule has 0 amide bonds. The van der Waals surface area contributed by atoms with Gasteiger partial charge in [-0.15, -0.1) is 0 Å². The summed E-state index contributed by atoms with van der Waals surface area (Å²) in [6.45, 7) is 6.99. The van der Waals surface area contributed by atoms with Gasteiger partial charge in [-0.1, -0.05) is 20.3 Å². The van der Waals surface area contributed by atoms with Gasteiger partial charge in [-0.2, -0.15) is 17.0 Å². The zero-order valence-electron chi connectivity index (χ0n) is 11.1. The molecule has 4 atom stereocenters. The van der Waals surface area contributed by atoms with E-state index in [-0.39, 0.29) is 5.92 Å². The molecule has 0 aromatic carbocycles. The highest BCUT2D eigenvalue weighted by molar-refractivity contribution is 7.99. The first-order chi connectivity index (χ1) is 8.24. The number of nitrogens with zero attached hydrogens (tertiary/aromatic N) is 2. The van der Waals surface area contributed by atoms with E-state index in [9.17, 15) is 5.26 Å². The molecule has 1 saturated heterocycles. The van der Waals surface area contributed by atoms with Gasteiger partial charge in [0.15, 0.2) is 0 Å². The van der Waals surface area contributed by atoms with Crippen molar-refractivity contribution in [2.45, 2.75) is 50.8 Å². The summed E-state index contributed by atoms with van der Waals surface area (Å²) in [4.78, 5) is 2.61. The lowest BCUT2D eigenvalue weighted by atomic mass is 9.77. The predicted octanol–water partition coefficient (Wildman–Crippen LogP) is 3.14. The summed E-state index contributed by atoms with van der Waals surface area (Å²) in [5.41, 5.74) is 0. The molecule has 2 fully saturated rings. The Balaban J connectivity index is 2.01. The van der Waals surface area contributed by atoms with E-state index in [4.69, 9.17) is 0 Å². The maximum atomic E-state index is 9.34. The Bertz CT molecular complexity index is 286. The second-order valence-electron chi connectivity index (χ2n) is 5.57. The van der Waals surface area contributed by atoms with Gasteiger partial charge in [0.1, 0.15) is 0 Å². The summed E-state index contributed by atoms with van der Waals surface area (Å²) < 4.78 is 0. The van der Waals surface area contributed by atoms with Crippen molar-refractivity contribution in [3.8, 4) is 6.07 Å². The highest BCUT2D eigenvalue weighted by atomic mass is 32.2. The van der Waals surface area contributed by atoms with Crippen LogP contribution in [0.1, 0.15) is 39.5 Å². The summed E-state index contributed by atoms with van der Waals surface area (Å²) in [7, 11) is 0. The SMILES string of the molecule is CCC1CCC(C#N)C(N2CCSC(C)C2)C1. The van der Waals surface area contributed by atoms with Crippen LogP contribution in [0.25, 0.3) is 0 Å². The van der Waals surface area contributed by atoms with Crippen molar-refractivity contribution < 1.29 is 0 Å². The Morgan fingerprint density at radius 1 is 1.41 bits per heavy atom. The van der Waals surface area contributed by atoms with Crippen LogP contribution in [0.15, 0.2) is 0 Å². The van der Waals surface area contributed by atoms with Crippen molar-refractivity contribution in [1.29, 1.82) is 5.26 Å².